The lowest BCUT2D eigenvalue weighted by atomic mass is 10.0. The van der Waals surface area contributed by atoms with Gasteiger partial charge in [0.1, 0.15) is 16.4 Å². The van der Waals surface area contributed by atoms with Gasteiger partial charge in [0, 0.05) is 22.9 Å². The van der Waals surface area contributed by atoms with Crippen LogP contribution in [0.3, 0.4) is 0 Å². The van der Waals surface area contributed by atoms with E-state index < -0.39 is 21.7 Å². The number of nitrogens with two attached hydrogens (primary N) is 1. The monoisotopic (exact) mass is 370 g/mol. The van der Waals surface area contributed by atoms with Gasteiger partial charge >= 0.3 is 0 Å². The van der Waals surface area contributed by atoms with Crippen molar-refractivity contribution in [1.82, 2.24) is 15.0 Å². The number of benzene rings is 1. The van der Waals surface area contributed by atoms with Crippen LogP contribution in [-0.4, -0.2) is 24.3 Å². The highest BCUT2D eigenvalue weighted by molar-refractivity contribution is 7.92. The number of hydrogen-bond donors (Lipinski definition) is 1. The normalized spacial score (nSPS) is 12.8. The summed E-state index contributed by atoms with van der Waals surface area (Å²) in [5.74, 6) is -0.173. The predicted octanol–water partition coefficient (Wildman–Crippen LogP) is 3.83. The fourth-order valence-corrected chi connectivity index (χ4v) is 3.54. The van der Waals surface area contributed by atoms with Crippen LogP contribution in [0.1, 0.15) is 20.8 Å². The molecule has 2 aromatic heterocycles. The molecule has 134 valence electrons. The Morgan fingerprint density at radius 1 is 1.04 bits per heavy atom. The van der Waals surface area contributed by atoms with E-state index in [2.05, 4.69) is 15.0 Å². The van der Waals surface area contributed by atoms with Crippen LogP contribution in [0, 0.1) is 5.82 Å². The summed E-state index contributed by atoms with van der Waals surface area (Å²) in [4.78, 5) is 12.3. The van der Waals surface area contributed by atoms with Crippen LogP contribution >= 0.6 is 0 Å². The van der Waals surface area contributed by atoms with Crippen molar-refractivity contribution in [2.45, 2.75) is 30.5 Å². The molecule has 0 bridgehead atoms. The number of pyridine rings is 1. The number of aromatic nitrogens is 3. The summed E-state index contributed by atoms with van der Waals surface area (Å²) < 4.78 is 27.0. The summed E-state index contributed by atoms with van der Waals surface area (Å²) in [7, 11) is 0. The molecule has 26 heavy (non-hydrogen) atoms. The third-order valence-corrected chi connectivity index (χ3v) is 5.52. The van der Waals surface area contributed by atoms with Gasteiger partial charge in [-0.3, -0.25) is 4.98 Å². The van der Waals surface area contributed by atoms with Gasteiger partial charge in [-0.05, 0) is 50.6 Å². The van der Waals surface area contributed by atoms with Crippen molar-refractivity contribution in [3.05, 3.63) is 54.7 Å². The fraction of sp³-hybridized carbons (Fsp3) is 0.211. The third-order valence-electron chi connectivity index (χ3n) is 3.73. The lowest BCUT2D eigenvalue weighted by Crippen LogP contribution is -2.29. The minimum atomic E-state index is -1.33. The zero-order valence-corrected chi connectivity index (χ0v) is 15.5. The number of rotatable bonds is 3. The second-order valence-electron chi connectivity index (χ2n) is 6.76. The first kappa shape index (κ1) is 18.3. The average molecular weight is 370 g/mol. The number of nitrogen functional groups attached to an aromatic ring is 1. The second kappa shape index (κ2) is 7.01. The molecule has 0 fully saturated rings. The Bertz CT molecular complexity index is 926. The van der Waals surface area contributed by atoms with Gasteiger partial charge in [-0.2, -0.15) is 0 Å². The van der Waals surface area contributed by atoms with Crippen LogP contribution in [0.15, 0.2) is 53.9 Å². The maximum atomic E-state index is 14.7. The molecule has 0 aliphatic carbocycles. The van der Waals surface area contributed by atoms with E-state index in [1.54, 1.807) is 30.5 Å². The number of halogens is 1. The van der Waals surface area contributed by atoms with E-state index in [4.69, 9.17) is 5.73 Å². The van der Waals surface area contributed by atoms with Crippen molar-refractivity contribution >= 4 is 17.0 Å². The SMILES string of the molecule is CC(C)(C)[S+]([O-])c1ncccc1-c1ccc(-c2cnc(N)cn2)c(F)c1. The summed E-state index contributed by atoms with van der Waals surface area (Å²) in [6.45, 7) is 5.64. The Hall–Kier alpha value is -2.51. The molecule has 0 saturated heterocycles. The van der Waals surface area contributed by atoms with Crippen LogP contribution in [0.5, 0.6) is 0 Å². The second-order valence-corrected chi connectivity index (χ2v) is 8.91. The van der Waals surface area contributed by atoms with Gasteiger partial charge in [0.2, 0.25) is 0 Å². The average Bonchev–Trinajstić information content (AvgIpc) is 2.61. The molecule has 7 heteroatoms. The summed E-state index contributed by atoms with van der Waals surface area (Å²) >= 11 is -1.33. The highest BCUT2D eigenvalue weighted by Crippen LogP contribution is 2.33. The molecule has 5 nitrogen and oxygen atoms in total. The van der Waals surface area contributed by atoms with Gasteiger partial charge in [-0.15, -0.1) is 0 Å². The van der Waals surface area contributed by atoms with Gasteiger partial charge in [-0.1, -0.05) is 6.07 Å². The summed E-state index contributed by atoms with van der Waals surface area (Å²) in [6.07, 6.45) is 4.41. The molecule has 2 N–H and O–H groups in total. The van der Waals surface area contributed by atoms with Crippen molar-refractivity contribution in [3.8, 4) is 22.4 Å². The zero-order chi connectivity index (χ0) is 18.9. The van der Waals surface area contributed by atoms with Crippen molar-refractivity contribution in [2.24, 2.45) is 0 Å². The van der Waals surface area contributed by atoms with Gasteiger partial charge in [-0.25, -0.2) is 14.4 Å². The van der Waals surface area contributed by atoms with E-state index in [0.717, 1.165) is 0 Å². The lowest BCUT2D eigenvalue weighted by Gasteiger charge is -2.24. The Balaban J connectivity index is 2.04. The Morgan fingerprint density at radius 3 is 2.42 bits per heavy atom. The first-order valence-electron chi connectivity index (χ1n) is 8.02. The maximum absolute atomic E-state index is 14.7. The highest BCUT2D eigenvalue weighted by atomic mass is 32.2. The van der Waals surface area contributed by atoms with Gasteiger partial charge < -0.3 is 10.3 Å². The van der Waals surface area contributed by atoms with Crippen LogP contribution < -0.4 is 5.73 Å². The first-order valence-corrected chi connectivity index (χ1v) is 9.17. The molecule has 2 heterocycles. The summed E-state index contributed by atoms with van der Waals surface area (Å²) in [5.41, 5.74) is 7.49. The molecule has 3 aromatic rings. The predicted molar refractivity (Wildman–Crippen MR) is 101 cm³/mol. The standard InChI is InChI=1S/C19H19FN4OS/c1-19(2,3)26(25)18-13(5-4-8-22-18)12-6-7-14(15(20)9-12)16-10-24-17(21)11-23-16/h4-11H,1-3H3,(H2,21,24). The van der Waals surface area contributed by atoms with E-state index in [1.165, 1.54) is 18.5 Å². The Morgan fingerprint density at radius 2 is 1.81 bits per heavy atom. The quantitative estimate of drug-likeness (QED) is 0.708. The van der Waals surface area contributed by atoms with Crippen molar-refractivity contribution in [1.29, 1.82) is 0 Å². The molecule has 0 amide bonds. The van der Waals surface area contributed by atoms with Gasteiger partial charge in [0.05, 0.1) is 23.7 Å². The van der Waals surface area contributed by atoms with Crippen LogP contribution in [0.25, 0.3) is 22.4 Å². The van der Waals surface area contributed by atoms with E-state index >= 15 is 0 Å². The van der Waals surface area contributed by atoms with Gasteiger partial charge in [0.15, 0.2) is 0 Å². The molecule has 0 aliphatic heterocycles. The van der Waals surface area contributed by atoms with Crippen molar-refractivity contribution in [3.63, 3.8) is 0 Å². The number of nitrogens with zero attached hydrogens (tertiary/aromatic N) is 3. The van der Waals surface area contributed by atoms with E-state index in [1.807, 2.05) is 20.8 Å². The minimum Gasteiger partial charge on any atom is -0.610 e. The Labute approximate surface area is 154 Å². The summed E-state index contributed by atoms with van der Waals surface area (Å²) in [5, 5.41) is 0.444. The van der Waals surface area contributed by atoms with Crippen molar-refractivity contribution in [2.75, 3.05) is 5.73 Å². The largest absolute Gasteiger partial charge is 0.610 e. The molecular weight excluding hydrogens is 351 g/mol. The van der Waals surface area contributed by atoms with Crippen LogP contribution in [0.2, 0.25) is 0 Å². The minimum absolute atomic E-state index is 0.274. The number of anilines is 1. The molecular formula is C19H19FN4OS. The molecule has 3 rings (SSSR count). The maximum Gasteiger partial charge on any atom is 0.252 e. The Kier molecular flexibility index (Phi) is 4.93. The molecule has 1 aromatic carbocycles. The van der Waals surface area contributed by atoms with E-state index in [-0.39, 0.29) is 5.82 Å². The molecule has 0 saturated carbocycles. The van der Waals surface area contributed by atoms with E-state index in [0.29, 0.717) is 27.4 Å². The topological polar surface area (TPSA) is 87.8 Å². The van der Waals surface area contributed by atoms with Crippen LogP contribution in [0.4, 0.5) is 10.2 Å². The third kappa shape index (κ3) is 3.68. The molecule has 1 atom stereocenters. The van der Waals surface area contributed by atoms with Gasteiger partial charge in [0.25, 0.3) is 5.03 Å². The molecule has 0 radical (unpaired) electrons. The number of hydrogen-bond acceptors (Lipinski definition) is 5. The lowest BCUT2D eigenvalue weighted by molar-refractivity contribution is 0.556. The van der Waals surface area contributed by atoms with Crippen molar-refractivity contribution < 1.29 is 8.94 Å². The molecule has 0 spiro atoms. The fourth-order valence-electron chi connectivity index (χ4n) is 2.42. The summed E-state index contributed by atoms with van der Waals surface area (Å²) in [6, 6.07) is 8.33. The molecule has 0 aliphatic rings. The smallest absolute Gasteiger partial charge is 0.252 e. The zero-order valence-electron chi connectivity index (χ0n) is 14.7. The molecule has 1 unspecified atom stereocenters. The van der Waals surface area contributed by atoms with Crippen LogP contribution in [-0.2, 0) is 11.2 Å². The highest BCUT2D eigenvalue weighted by Gasteiger charge is 2.32. The first-order chi connectivity index (χ1) is 12.3. The van der Waals surface area contributed by atoms with E-state index in [9.17, 15) is 8.94 Å².